The lowest BCUT2D eigenvalue weighted by molar-refractivity contribution is 0.0714. The van der Waals surface area contributed by atoms with E-state index in [-0.39, 0.29) is 6.10 Å². The molecule has 1 N–H and O–H groups in total. The van der Waals surface area contributed by atoms with Gasteiger partial charge in [0.05, 0.1) is 6.10 Å². The van der Waals surface area contributed by atoms with Gasteiger partial charge in [-0.2, -0.15) is 0 Å². The Morgan fingerprint density at radius 3 is 2.73 bits per heavy atom. The van der Waals surface area contributed by atoms with E-state index in [2.05, 4.69) is 12.2 Å². The quantitative estimate of drug-likeness (QED) is 0.606. The van der Waals surface area contributed by atoms with Gasteiger partial charge in [0.1, 0.15) is 0 Å². The Kier molecular flexibility index (Phi) is 3.64. The van der Waals surface area contributed by atoms with Crippen LogP contribution in [0, 0.1) is 5.92 Å². The fourth-order valence-electron chi connectivity index (χ4n) is 1.77. The van der Waals surface area contributed by atoms with Crippen LogP contribution in [0.5, 0.6) is 0 Å². The molecule has 1 nitrogen and oxygen atoms in total. The van der Waals surface area contributed by atoms with Gasteiger partial charge in [0.25, 0.3) is 0 Å². The van der Waals surface area contributed by atoms with Gasteiger partial charge >= 0.3 is 0 Å². The summed E-state index contributed by atoms with van der Waals surface area (Å²) < 4.78 is 0. The first kappa shape index (κ1) is 8.79. The van der Waals surface area contributed by atoms with Gasteiger partial charge in [0.15, 0.2) is 0 Å². The molecule has 1 rings (SSSR count). The highest BCUT2D eigenvalue weighted by atomic mass is 16.3. The third-order valence-corrected chi connectivity index (χ3v) is 2.54. The largest absolute Gasteiger partial charge is 0.393 e. The van der Waals surface area contributed by atoms with Gasteiger partial charge in [0, 0.05) is 0 Å². The van der Waals surface area contributed by atoms with Crippen LogP contribution in [0.2, 0.25) is 0 Å². The molecule has 0 aromatic heterocycles. The van der Waals surface area contributed by atoms with Crippen molar-refractivity contribution in [2.24, 2.45) is 5.92 Å². The van der Waals surface area contributed by atoms with E-state index in [0.717, 1.165) is 12.8 Å². The zero-order chi connectivity index (χ0) is 8.10. The van der Waals surface area contributed by atoms with Crippen molar-refractivity contribution in [3.8, 4) is 0 Å². The number of allylic oxidation sites excluding steroid dienone is 2. The van der Waals surface area contributed by atoms with Crippen LogP contribution in [-0.4, -0.2) is 11.2 Å². The lowest BCUT2D eigenvalue weighted by Crippen LogP contribution is -2.23. The molecule has 0 aliphatic heterocycles. The van der Waals surface area contributed by atoms with Gasteiger partial charge in [-0.15, -0.1) is 0 Å². The van der Waals surface area contributed by atoms with Crippen LogP contribution in [0.15, 0.2) is 12.2 Å². The molecule has 0 amide bonds. The average Bonchev–Trinajstić information content (AvgIpc) is 2.03. The molecule has 2 unspecified atom stereocenters. The van der Waals surface area contributed by atoms with Crippen molar-refractivity contribution in [3.63, 3.8) is 0 Å². The molecule has 0 radical (unpaired) electrons. The molecule has 1 aliphatic rings. The Morgan fingerprint density at radius 1 is 1.36 bits per heavy atom. The maximum Gasteiger partial charge on any atom is 0.0571 e. The fourth-order valence-corrected chi connectivity index (χ4v) is 1.77. The minimum Gasteiger partial charge on any atom is -0.393 e. The van der Waals surface area contributed by atoms with Crippen LogP contribution < -0.4 is 0 Å². The number of rotatable bonds is 2. The van der Waals surface area contributed by atoms with Crippen LogP contribution in [0.1, 0.15) is 39.0 Å². The van der Waals surface area contributed by atoms with Crippen molar-refractivity contribution in [1.29, 1.82) is 0 Å². The summed E-state index contributed by atoms with van der Waals surface area (Å²) in [5.74, 6) is 0.542. The van der Waals surface area contributed by atoms with E-state index < -0.39 is 0 Å². The van der Waals surface area contributed by atoms with E-state index in [4.69, 9.17) is 0 Å². The van der Waals surface area contributed by atoms with Crippen molar-refractivity contribution in [2.45, 2.75) is 45.1 Å². The average molecular weight is 154 g/mol. The molecule has 0 bridgehead atoms. The summed E-state index contributed by atoms with van der Waals surface area (Å²) in [5.41, 5.74) is 0. The second-order valence-electron chi connectivity index (χ2n) is 3.42. The summed E-state index contributed by atoms with van der Waals surface area (Å²) in [5, 5.41) is 9.56. The minimum atomic E-state index is -0.0278. The Labute approximate surface area is 69.1 Å². The van der Waals surface area contributed by atoms with Gasteiger partial charge in [-0.05, 0) is 32.1 Å². The summed E-state index contributed by atoms with van der Waals surface area (Å²) in [6, 6.07) is 0. The van der Waals surface area contributed by atoms with Crippen molar-refractivity contribution < 1.29 is 5.11 Å². The highest BCUT2D eigenvalue weighted by molar-refractivity contribution is 4.85. The molecule has 0 spiro atoms. The first-order chi connectivity index (χ1) is 5.34. The molecule has 1 aliphatic carbocycles. The zero-order valence-corrected chi connectivity index (χ0v) is 7.29. The fraction of sp³-hybridized carbons (Fsp3) is 0.800. The van der Waals surface area contributed by atoms with E-state index in [1.165, 1.54) is 19.3 Å². The summed E-state index contributed by atoms with van der Waals surface area (Å²) in [6.07, 6.45) is 10.0. The summed E-state index contributed by atoms with van der Waals surface area (Å²) in [6.45, 7) is 2.04. The van der Waals surface area contributed by atoms with Crippen molar-refractivity contribution in [2.75, 3.05) is 0 Å². The molecule has 0 aromatic rings. The summed E-state index contributed by atoms with van der Waals surface area (Å²) >= 11 is 0. The van der Waals surface area contributed by atoms with E-state index in [1.807, 2.05) is 6.92 Å². The normalized spacial score (nSPS) is 32.9. The summed E-state index contributed by atoms with van der Waals surface area (Å²) in [4.78, 5) is 0. The van der Waals surface area contributed by atoms with Crippen molar-refractivity contribution in [1.82, 2.24) is 0 Å². The van der Waals surface area contributed by atoms with Crippen LogP contribution in [0.25, 0.3) is 0 Å². The molecular formula is C10H18O. The second kappa shape index (κ2) is 4.55. The zero-order valence-electron chi connectivity index (χ0n) is 7.29. The molecular weight excluding hydrogens is 136 g/mol. The first-order valence-electron chi connectivity index (χ1n) is 4.64. The predicted octanol–water partition coefficient (Wildman–Crippen LogP) is 2.50. The highest BCUT2D eigenvalue weighted by Gasteiger charge is 2.21. The Bertz CT molecular complexity index is 129. The van der Waals surface area contributed by atoms with Crippen LogP contribution in [0.3, 0.4) is 0 Å². The molecule has 0 aromatic carbocycles. The molecule has 11 heavy (non-hydrogen) atoms. The van der Waals surface area contributed by atoms with Crippen molar-refractivity contribution in [3.05, 3.63) is 12.2 Å². The lowest BCUT2D eigenvalue weighted by atomic mass is 9.84. The maximum atomic E-state index is 9.56. The third kappa shape index (κ3) is 2.66. The molecule has 1 heteroatoms. The Hall–Kier alpha value is -0.300. The molecule has 0 heterocycles. The van der Waals surface area contributed by atoms with E-state index in [0.29, 0.717) is 5.92 Å². The van der Waals surface area contributed by atoms with E-state index in [9.17, 15) is 5.11 Å². The summed E-state index contributed by atoms with van der Waals surface area (Å²) in [7, 11) is 0. The molecule has 0 saturated heterocycles. The second-order valence-corrected chi connectivity index (χ2v) is 3.42. The smallest absolute Gasteiger partial charge is 0.0571 e. The Morgan fingerprint density at radius 2 is 2.09 bits per heavy atom. The number of hydrogen-bond donors (Lipinski definition) is 1. The van der Waals surface area contributed by atoms with Gasteiger partial charge in [-0.3, -0.25) is 0 Å². The van der Waals surface area contributed by atoms with Gasteiger partial charge < -0.3 is 5.11 Å². The number of aliphatic hydroxyl groups excluding tert-OH is 1. The molecule has 2 atom stereocenters. The molecule has 1 fully saturated rings. The highest BCUT2D eigenvalue weighted by Crippen LogP contribution is 2.26. The number of aliphatic hydroxyl groups is 1. The minimum absolute atomic E-state index is 0.0278. The SMILES string of the molecule is C/C=C/CC1CCCCC1O. The topological polar surface area (TPSA) is 20.2 Å². The van der Waals surface area contributed by atoms with Crippen molar-refractivity contribution >= 4 is 0 Å². The third-order valence-electron chi connectivity index (χ3n) is 2.54. The van der Waals surface area contributed by atoms with E-state index in [1.54, 1.807) is 0 Å². The Balaban J connectivity index is 2.29. The van der Waals surface area contributed by atoms with Crippen LogP contribution in [0.4, 0.5) is 0 Å². The van der Waals surface area contributed by atoms with Crippen LogP contribution >= 0.6 is 0 Å². The molecule has 64 valence electrons. The lowest BCUT2D eigenvalue weighted by Gasteiger charge is -2.26. The predicted molar refractivity (Wildman–Crippen MR) is 47.4 cm³/mol. The van der Waals surface area contributed by atoms with Gasteiger partial charge in [-0.25, -0.2) is 0 Å². The molecule has 1 saturated carbocycles. The van der Waals surface area contributed by atoms with E-state index >= 15 is 0 Å². The van der Waals surface area contributed by atoms with Gasteiger partial charge in [-0.1, -0.05) is 25.0 Å². The van der Waals surface area contributed by atoms with Crippen LogP contribution in [-0.2, 0) is 0 Å². The first-order valence-corrected chi connectivity index (χ1v) is 4.64. The van der Waals surface area contributed by atoms with Gasteiger partial charge in [0.2, 0.25) is 0 Å². The maximum absolute atomic E-state index is 9.56. The number of hydrogen-bond acceptors (Lipinski definition) is 1. The monoisotopic (exact) mass is 154 g/mol. The standard InChI is InChI=1S/C10H18O/c1-2-3-6-9-7-4-5-8-10(9)11/h2-3,9-11H,4-8H2,1H3/b3-2+.